The molecule has 3 rings (SSSR count). The molecule has 0 spiro atoms. The van der Waals surface area contributed by atoms with Gasteiger partial charge in [0, 0.05) is 6.04 Å². The summed E-state index contributed by atoms with van der Waals surface area (Å²) in [5.74, 6) is 2.50. The van der Waals surface area contributed by atoms with Gasteiger partial charge in [-0.15, -0.1) is 0 Å². The third-order valence-electron chi connectivity index (χ3n) is 4.10. The number of hydrogen-bond donors (Lipinski definition) is 2. The SMILES string of the molecule is COc1cc(C(O)C2CC(C)CCN2)cc2c1OCO2. The van der Waals surface area contributed by atoms with Crippen LogP contribution in [0.2, 0.25) is 0 Å². The summed E-state index contributed by atoms with van der Waals surface area (Å²) in [7, 11) is 1.59. The van der Waals surface area contributed by atoms with Crippen molar-refractivity contribution in [3.8, 4) is 17.2 Å². The molecule has 0 aliphatic carbocycles. The van der Waals surface area contributed by atoms with Gasteiger partial charge in [0.15, 0.2) is 11.5 Å². The first-order valence-electron chi connectivity index (χ1n) is 7.08. The molecule has 2 heterocycles. The highest BCUT2D eigenvalue weighted by atomic mass is 16.7. The average molecular weight is 279 g/mol. The van der Waals surface area contributed by atoms with Crippen LogP contribution in [0.4, 0.5) is 0 Å². The highest BCUT2D eigenvalue weighted by Gasteiger charge is 2.29. The number of rotatable bonds is 3. The molecule has 0 aromatic heterocycles. The second-order valence-electron chi connectivity index (χ2n) is 5.59. The van der Waals surface area contributed by atoms with Crippen LogP contribution >= 0.6 is 0 Å². The Balaban J connectivity index is 1.86. The van der Waals surface area contributed by atoms with Crippen LogP contribution in [0.15, 0.2) is 12.1 Å². The van der Waals surface area contributed by atoms with Crippen LogP contribution in [0.25, 0.3) is 0 Å². The van der Waals surface area contributed by atoms with E-state index in [9.17, 15) is 5.11 Å². The molecule has 0 amide bonds. The van der Waals surface area contributed by atoms with Crippen molar-refractivity contribution in [1.29, 1.82) is 0 Å². The minimum Gasteiger partial charge on any atom is -0.493 e. The quantitative estimate of drug-likeness (QED) is 0.884. The lowest BCUT2D eigenvalue weighted by molar-refractivity contribution is 0.101. The molecule has 3 unspecified atom stereocenters. The van der Waals surface area contributed by atoms with Crippen molar-refractivity contribution in [2.24, 2.45) is 5.92 Å². The number of hydrogen-bond acceptors (Lipinski definition) is 5. The summed E-state index contributed by atoms with van der Waals surface area (Å²) < 4.78 is 16.1. The number of aliphatic hydroxyl groups is 1. The van der Waals surface area contributed by atoms with Gasteiger partial charge < -0.3 is 24.6 Å². The van der Waals surface area contributed by atoms with Gasteiger partial charge in [0.05, 0.1) is 13.2 Å². The first-order chi connectivity index (χ1) is 9.69. The van der Waals surface area contributed by atoms with Crippen molar-refractivity contribution in [2.45, 2.75) is 31.9 Å². The van der Waals surface area contributed by atoms with Gasteiger partial charge in [-0.3, -0.25) is 0 Å². The van der Waals surface area contributed by atoms with E-state index in [4.69, 9.17) is 14.2 Å². The Morgan fingerprint density at radius 3 is 3.00 bits per heavy atom. The second-order valence-corrected chi connectivity index (χ2v) is 5.59. The summed E-state index contributed by atoms with van der Waals surface area (Å²) in [6.45, 7) is 3.37. The van der Waals surface area contributed by atoms with E-state index in [-0.39, 0.29) is 12.8 Å². The normalized spacial score (nSPS) is 26.4. The lowest BCUT2D eigenvalue weighted by Crippen LogP contribution is -2.41. The van der Waals surface area contributed by atoms with Crippen LogP contribution in [-0.4, -0.2) is 31.6 Å². The first-order valence-corrected chi connectivity index (χ1v) is 7.08. The van der Waals surface area contributed by atoms with Gasteiger partial charge in [-0.05, 0) is 43.0 Å². The Hall–Kier alpha value is -1.46. The van der Waals surface area contributed by atoms with Gasteiger partial charge in [0.1, 0.15) is 0 Å². The molecule has 5 nitrogen and oxygen atoms in total. The largest absolute Gasteiger partial charge is 0.493 e. The number of fused-ring (bicyclic) bond motifs is 1. The number of nitrogens with one attached hydrogen (secondary N) is 1. The van der Waals surface area contributed by atoms with E-state index in [2.05, 4.69) is 12.2 Å². The lowest BCUT2D eigenvalue weighted by Gasteiger charge is -2.32. The summed E-state index contributed by atoms with van der Waals surface area (Å²) in [4.78, 5) is 0. The summed E-state index contributed by atoms with van der Waals surface area (Å²) in [6.07, 6.45) is 1.56. The molecular formula is C15H21NO4. The maximum absolute atomic E-state index is 10.6. The smallest absolute Gasteiger partial charge is 0.231 e. The van der Waals surface area contributed by atoms with Crippen LogP contribution in [0, 0.1) is 5.92 Å². The average Bonchev–Trinajstić information content (AvgIpc) is 2.93. The van der Waals surface area contributed by atoms with Crippen molar-refractivity contribution in [1.82, 2.24) is 5.32 Å². The van der Waals surface area contributed by atoms with E-state index in [1.807, 2.05) is 12.1 Å². The van der Waals surface area contributed by atoms with E-state index < -0.39 is 6.10 Å². The fraction of sp³-hybridized carbons (Fsp3) is 0.600. The molecule has 2 aliphatic rings. The van der Waals surface area contributed by atoms with Crippen LogP contribution in [-0.2, 0) is 0 Å². The predicted octanol–water partition coefficient (Wildman–Crippen LogP) is 1.85. The third kappa shape index (κ3) is 2.43. The molecule has 2 N–H and O–H groups in total. The maximum atomic E-state index is 10.6. The lowest BCUT2D eigenvalue weighted by atomic mass is 9.88. The molecule has 0 bridgehead atoms. The molecule has 3 atom stereocenters. The zero-order chi connectivity index (χ0) is 14.1. The molecule has 0 radical (unpaired) electrons. The zero-order valence-electron chi connectivity index (χ0n) is 11.9. The maximum Gasteiger partial charge on any atom is 0.231 e. The van der Waals surface area contributed by atoms with Crippen molar-refractivity contribution in [2.75, 3.05) is 20.4 Å². The van der Waals surface area contributed by atoms with Crippen molar-refractivity contribution >= 4 is 0 Å². The molecule has 110 valence electrons. The van der Waals surface area contributed by atoms with Crippen molar-refractivity contribution in [3.63, 3.8) is 0 Å². The molecule has 5 heteroatoms. The van der Waals surface area contributed by atoms with Crippen LogP contribution in [0.5, 0.6) is 17.2 Å². The molecule has 0 saturated carbocycles. The van der Waals surface area contributed by atoms with Gasteiger partial charge >= 0.3 is 0 Å². The second kappa shape index (κ2) is 5.50. The highest BCUT2D eigenvalue weighted by molar-refractivity contribution is 5.55. The fourth-order valence-corrected chi connectivity index (χ4v) is 2.94. The number of benzene rings is 1. The summed E-state index contributed by atoms with van der Waals surface area (Å²) >= 11 is 0. The number of aliphatic hydroxyl groups excluding tert-OH is 1. The summed E-state index contributed by atoms with van der Waals surface area (Å²) in [5.41, 5.74) is 0.803. The first kappa shape index (κ1) is 13.5. The molecule has 1 saturated heterocycles. The number of methoxy groups -OCH3 is 1. The molecule has 1 aromatic rings. The number of piperidine rings is 1. The molecular weight excluding hydrogens is 258 g/mol. The highest BCUT2D eigenvalue weighted by Crippen LogP contribution is 2.43. The Morgan fingerprint density at radius 2 is 2.25 bits per heavy atom. The zero-order valence-corrected chi connectivity index (χ0v) is 11.9. The molecule has 1 aromatic carbocycles. The molecule has 20 heavy (non-hydrogen) atoms. The minimum absolute atomic E-state index is 0.0730. The molecule has 2 aliphatic heterocycles. The van der Waals surface area contributed by atoms with E-state index in [1.54, 1.807) is 7.11 Å². The van der Waals surface area contributed by atoms with E-state index >= 15 is 0 Å². The Morgan fingerprint density at radius 1 is 1.40 bits per heavy atom. The predicted molar refractivity (Wildman–Crippen MR) is 74.3 cm³/mol. The number of ether oxygens (including phenoxy) is 3. The van der Waals surface area contributed by atoms with E-state index in [1.165, 1.54) is 0 Å². The van der Waals surface area contributed by atoms with E-state index in [0.29, 0.717) is 23.2 Å². The van der Waals surface area contributed by atoms with Gasteiger partial charge in [-0.25, -0.2) is 0 Å². The third-order valence-corrected chi connectivity index (χ3v) is 4.10. The van der Waals surface area contributed by atoms with Crippen molar-refractivity contribution in [3.05, 3.63) is 17.7 Å². The van der Waals surface area contributed by atoms with E-state index in [0.717, 1.165) is 24.9 Å². The summed E-state index contributed by atoms with van der Waals surface area (Å²) in [5, 5.41) is 14.0. The topological polar surface area (TPSA) is 60.0 Å². The summed E-state index contributed by atoms with van der Waals surface area (Å²) in [6, 6.07) is 3.75. The van der Waals surface area contributed by atoms with Gasteiger partial charge in [0.2, 0.25) is 12.5 Å². The van der Waals surface area contributed by atoms with Crippen LogP contribution < -0.4 is 19.5 Å². The Kier molecular flexibility index (Phi) is 3.72. The fourth-order valence-electron chi connectivity index (χ4n) is 2.94. The van der Waals surface area contributed by atoms with Crippen LogP contribution in [0.3, 0.4) is 0 Å². The monoisotopic (exact) mass is 279 g/mol. The van der Waals surface area contributed by atoms with Gasteiger partial charge in [0.25, 0.3) is 0 Å². The van der Waals surface area contributed by atoms with Crippen LogP contribution in [0.1, 0.15) is 31.4 Å². The Labute approximate surface area is 118 Å². The molecule has 1 fully saturated rings. The standard InChI is InChI=1S/C15H21NO4/c1-9-3-4-16-11(5-9)14(17)10-6-12(18-2)15-13(7-10)19-8-20-15/h6-7,9,11,14,16-17H,3-5,8H2,1-2H3. The van der Waals surface area contributed by atoms with Gasteiger partial charge in [-0.2, -0.15) is 0 Å². The minimum atomic E-state index is -0.568. The van der Waals surface area contributed by atoms with Crippen molar-refractivity contribution < 1.29 is 19.3 Å². The van der Waals surface area contributed by atoms with Gasteiger partial charge in [-0.1, -0.05) is 6.92 Å². The Bertz CT molecular complexity index is 491.